The van der Waals surface area contributed by atoms with Gasteiger partial charge in [-0.15, -0.1) is 11.8 Å². The first-order valence-electron chi connectivity index (χ1n) is 3.80. The topological polar surface area (TPSA) is 12.0 Å². The van der Waals surface area contributed by atoms with Gasteiger partial charge < -0.3 is 5.32 Å². The zero-order chi connectivity index (χ0) is 6.16. The Kier molecular flexibility index (Phi) is 1.46. The van der Waals surface area contributed by atoms with Crippen molar-refractivity contribution in [3.05, 3.63) is 0 Å². The second-order valence-electron chi connectivity index (χ2n) is 2.98. The lowest BCUT2D eigenvalue weighted by Gasteiger charge is -2.21. The average Bonchev–Trinajstić information content (AvgIpc) is 2.45. The van der Waals surface area contributed by atoms with E-state index in [2.05, 4.69) is 17.1 Å². The smallest absolute Gasteiger partial charge is 0.0645 e. The van der Waals surface area contributed by atoms with Gasteiger partial charge in [0.25, 0.3) is 0 Å². The fourth-order valence-corrected chi connectivity index (χ4v) is 3.27. The Morgan fingerprint density at radius 3 is 2.67 bits per heavy atom. The first kappa shape index (κ1) is 6.05. The van der Waals surface area contributed by atoms with E-state index in [0.717, 1.165) is 0 Å². The third-order valence-corrected chi connectivity index (χ3v) is 3.91. The summed E-state index contributed by atoms with van der Waals surface area (Å²) in [7, 11) is 0. The van der Waals surface area contributed by atoms with Crippen molar-refractivity contribution in [2.75, 3.05) is 12.3 Å². The Hall–Kier alpha value is 0.310. The van der Waals surface area contributed by atoms with E-state index in [-0.39, 0.29) is 0 Å². The van der Waals surface area contributed by atoms with Crippen molar-refractivity contribution in [1.82, 2.24) is 5.32 Å². The molecule has 52 valence electrons. The molecule has 2 heteroatoms. The van der Waals surface area contributed by atoms with Gasteiger partial charge in [0.15, 0.2) is 0 Å². The summed E-state index contributed by atoms with van der Waals surface area (Å²) in [6.45, 7) is 1.26. The molecule has 0 aromatic heterocycles. The van der Waals surface area contributed by atoms with Crippen molar-refractivity contribution in [2.45, 2.75) is 30.6 Å². The van der Waals surface area contributed by atoms with Crippen molar-refractivity contribution < 1.29 is 0 Å². The molecule has 2 heterocycles. The number of rotatable bonds is 0. The summed E-state index contributed by atoms with van der Waals surface area (Å²) in [6.07, 6.45) is 5.65. The number of thioether (sulfide) groups is 1. The van der Waals surface area contributed by atoms with E-state index in [4.69, 9.17) is 0 Å². The molecule has 2 aliphatic rings. The molecule has 0 amide bonds. The normalized spacial score (nSPS) is 42.7. The quantitative estimate of drug-likeness (QED) is 0.552. The summed E-state index contributed by atoms with van der Waals surface area (Å²) in [5, 5.41) is 3.59. The molecule has 2 saturated heterocycles. The van der Waals surface area contributed by atoms with Gasteiger partial charge in [0, 0.05) is 0 Å². The Bertz CT molecular complexity index is 84.0. The highest BCUT2D eigenvalue weighted by molar-refractivity contribution is 8.00. The molecule has 9 heavy (non-hydrogen) atoms. The molecule has 1 N–H and O–H groups in total. The van der Waals surface area contributed by atoms with E-state index in [9.17, 15) is 0 Å². The zero-order valence-corrected chi connectivity index (χ0v) is 6.47. The summed E-state index contributed by atoms with van der Waals surface area (Å²) in [4.78, 5) is 0.556. The molecule has 0 radical (unpaired) electrons. The lowest BCUT2D eigenvalue weighted by Crippen LogP contribution is -2.32. The largest absolute Gasteiger partial charge is 0.303 e. The highest BCUT2D eigenvalue weighted by Gasteiger charge is 2.36. The summed E-state index contributed by atoms with van der Waals surface area (Å²) >= 11 is 2.14. The van der Waals surface area contributed by atoms with E-state index in [0.29, 0.717) is 4.87 Å². The van der Waals surface area contributed by atoms with Crippen LogP contribution in [0.5, 0.6) is 0 Å². The average molecular weight is 143 g/mol. The van der Waals surface area contributed by atoms with E-state index in [1.54, 1.807) is 0 Å². The van der Waals surface area contributed by atoms with E-state index >= 15 is 0 Å². The first-order valence-corrected chi connectivity index (χ1v) is 4.79. The predicted octanol–water partition coefficient (Wildman–Crippen LogP) is 1.59. The lowest BCUT2D eigenvalue weighted by atomic mass is 10.1. The highest BCUT2D eigenvalue weighted by atomic mass is 32.2. The fourth-order valence-electron chi connectivity index (χ4n) is 1.81. The Balaban J connectivity index is 2.04. The van der Waals surface area contributed by atoms with Crippen molar-refractivity contribution in [3.8, 4) is 0 Å². The fraction of sp³-hybridized carbons (Fsp3) is 1.00. The molecule has 1 spiro atoms. The van der Waals surface area contributed by atoms with Crippen LogP contribution in [-0.4, -0.2) is 17.2 Å². The van der Waals surface area contributed by atoms with Crippen LogP contribution in [0.25, 0.3) is 0 Å². The molecule has 0 bridgehead atoms. The zero-order valence-electron chi connectivity index (χ0n) is 5.65. The molecule has 1 nitrogen and oxygen atoms in total. The SMILES string of the molecule is C1CNC2(C1)CCCS2. The lowest BCUT2D eigenvalue weighted by molar-refractivity contribution is 0.525. The minimum atomic E-state index is 0.556. The second kappa shape index (κ2) is 2.17. The molecule has 0 aromatic carbocycles. The number of nitrogens with one attached hydrogen (secondary N) is 1. The van der Waals surface area contributed by atoms with Gasteiger partial charge in [-0.05, 0) is 38.0 Å². The third-order valence-electron chi connectivity index (χ3n) is 2.31. The Labute approximate surface area is 60.6 Å². The van der Waals surface area contributed by atoms with Crippen LogP contribution in [-0.2, 0) is 0 Å². The van der Waals surface area contributed by atoms with Crippen molar-refractivity contribution in [2.24, 2.45) is 0 Å². The summed E-state index contributed by atoms with van der Waals surface area (Å²) in [5.74, 6) is 1.38. The molecule has 2 rings (SSSR count). The van der Waals surface area contributed by atoms with Crippen LogP contribution in [0.1, 0.15) is 25.7 Å². The third kappa shape index (κ3) is 0.987. The number of hydrogen-bond donors (Lipinski definition) is 1. The van der Waals surface area contributed by atoms with E-state index in [1.807, 2.05) is 0 Å². The maximum absolute atomic E-state index is 3.59. The summed E-state index contributed by atoms with van der Waals surface area (Å²) in [5.41, 5.74) is 0. The molecule has 0 aliphatic carbocycles. The summed E-state index contributed by atoms with van der Waals surface area (Å²) < 4.78 is 0. The van der Waals surface area contributed by atoms with Crippen LogP contribution in [0.2, 0.25) is 0 Å². The van der Waals surface area contributed by atoms with E-state index in [1.165, 1.54) is 38.0 Å². The maximum Gasteiger partial charge on any atom is 0.0645 e. The van der Waals surface area contributed by atoms with Crippen LogP contribution in [0.15, 0.2) is 0 Å². The van der Waals surface area contributed by atoms with Gasteiger partial charge in [0.05, 0.1) is 4.87 Å². The van der Waals surface area contributed by atoms with Crippen molar-refractivity contribution in [1.29, 1.82) is 0 Å². The number of hydrogen-bond acceptors (Lipinski definition) is 2. The highest BCUT2D eigenvalue weighted by Crippen LogP contribution is 2.41. The Morgan fingerprint density at radius 1 is 1.22 bits per heavy atom. The molecule has 1 atom stereocenters. The van der Waals surface area contributed by atoms with E-state index < -0.39 is 0 Å². The van der Waals surface area contributed by atoms with Crippen LogP contribution < -0.4 is 5.32 Å². The molecular formula is C7H13NS. The van der Waals surface area contributed by atoms with Gasteiger partial charge in [-0.25, -0.2) is 0 Å². The minimum absolute atomic E-state index is 0.556. The van der Waals surface area contributed by atoms with Crippen molar-refractivity contribution in [3.63, 3.8) is 0 Å². The first-order chi connectivity index (χ1) is 4.41. The van der Waals surface area contributed by atoms with Crippen LogP contribution >= 0.6 is 11.8 Å². The van der Waals surface area contributed by atoms with Gasteiger partial charge in [0.1, 0.15) is 0 Å². The Morgan fingerprint density at radius 2 is 2.11 bits per heavy atom. The van der Waals surface area contributed by atoms with Gasteiger partial charge in [-0.1, -0.05) is 0 Å². The van der Waals surface area contributed by atoms with Crippen LogP contribution in [0.3, 0.4) is 0 Å². The monoisotopic (exact) mass is 143 g/mol. The molecule has 2 aliphatic heterocycles. The van der Waals surface area contributed by atoms with Crippen LogP contribution in [0, 0.1) is 0 Å². The molecule has 0 saturated carbocycles. The van der Waals surface area contributed by atoms with Crippen LogP contribution in [0.4, 0.5) is 0 Å². The van der Waals surface area contributed by atoms with Gasteiger partial charge >= 0.3 is 0 Å². The second-order valence-corrected chi connectivity index (χ2v) is 4.46. The van der Waals surface area contributed by atoms with Gasteiger partial charge in [0.2, 0.25) is 0 Å². The van der Waals surface area contributed by atoms with Gasteiger partial charge in [-0.3, -0.25) is 0 Å². The van der Waals surface area contributed by atoms with Crippen molar-refractivity contribution >= 4 is 11.8 Å². The predicted molar refractivity (Wildman–Crippen MR) is 41.7 cm³/mol. The molecule has 1 unspecified atom stereocenters. The molecular weight excluding hydrogens is 130 g/mol. The maximum atomic E-state index is 3.59. The molecule has 0 aromatic rings. The summed E-state index contributed by atoms with van der Waals surface area (Å²) in [6, 6.07) is 0. The van der Waals surface area contributed by atoms with Gasteiger partial charge in [-0.2, -0.15) is 0 Å². The minimum Gasteiger partial charge on any atom is -0.303 e. The standard InChI is InChI=1S/C7H13NS/c1-3-7(8-5-1)4-2-6-9-7/h8H,1-6H2. The molecule has 2 fully saturated rings.